The van der Waals surface area contributed by atoms with Gasteiger partial charge in [0.05, 0.1) is 33.9 Å². The highest BCUT2D eigenvalue weighted by Gasteiger charge is 2.16. The van der Waals surface area contributed by atoms with Crippen LogP contribution in [-0.4, -0.2) is 21.3 Å². The van der Waals surface area contributed by atoms with Crippen LogP contribution in [0.4, 0.5) is 0 Å². The molecule has 0 radical (unpaired) electrons. The van der Waals surface area contributed by atoms with E-state index in [9.17, 15) is 0 Å². The Morgan fingerprint density at radius 1 is 0.840 bits per heavy atom. The molecule has 0 saturated heterocycles. The van der Waals surface area contributed by atoms with Crippen LogP contribution in [-0.2, 0) is 6.42 Å². The minimum atomic E-state index is 0.597. The molecule has 4 heteroatoms. The molecule has 0 fully saturated rings. The Kier molecular flexibility index (Phi) is 4.98. The van der Waals surface area contributed by atoms with Gasteiger partial charge in [0, 0.05) is 17.5 Å². The second kappa shape index (κ2) is 7.34. The molecule has 0 N–H and O–H groups in total. The van der Waals surface area contributed by atoms with E-state index in [2.05, 4.69) is 19.1 Å². The molecule has 1 heterocycles. The van der Waals surface area contributed by atoms with Crippen LogP contribution in [0.5, 0.6) is 17.2 Å². The fraction of sp³-hybridized carbons (Fsp3) is 0.238. The van der Waals surface area contributed by atoms with Crippen molar-refractivity contribution in [2.24, 2.45) is 0 Å². The Bertz CT molecular complexity index is 839. The van der Waals surface area contributed by atoms with E-state index in [1.165, 1.54) is 11.1 Å². The summed E-state index contributed by atoms with van der Waals surface area (Å²) in [6, 6.07) is 12.2. The SMILES string of the molecule is COc1cc(Cc2cocc2-c2ccccc2C)cc(OC)c1OC. The molecular weight excluding hydrogens is 316 g/mol. The maximum atomic E-state index is 5.50. The average molecular weight is 338 g/mol. The summed E-state index contributed by atoms with van der Waals surface area (Å²) in [6.45, 7) is 2.10. The Labute approximate surface area is 148 Å². The fourth-order valence-electron chi connectivity index (χ4n) is 3.03. The molecule has 0 unspecified atom stereocenters. The van der Waals surface area contributed by atoms with E-state index >= 15 is 0 Å². The largest absolute Gasteiger partial charge is 0.493 e. The number of benzene rings is 2. The van der Waals surface area contributed by atoms with Gasteiger partial charge in [-0.2, -0.15) is 0 Å². The fourth-order valence-corrected chi connectivity index (χ4v) is 3.03. The predicted octanol–water partition coefficient (Wildman–Crippen LogP) is 4.87. The summed E-state index contributed by atoms with van der Waals surface area (Å²) in [5.41, 5.74) is 5.68. The summed E-state index contributed by atoms with van der Waals surface area (Å²) in [6.07, 6.45) is 4.30. The van der Waals surface area contributed by atoms with Gasteiger partial charge >= 0.3 is 0 Å². The molecule has 130 valence electrons. The lowest BCUT2D eigenvalue weighted by molar-refractivity contribution is 0.324. The maximum Gasteiger partial charge on any atom is 0.203 e. The zero-order valence-electron chi connectivity index (χ0n) is 15.0. The number of ether oxygens (including phenoxy) is 3. The van der Waals surface area contributed by atoms with Crippen molar-refractivity contribution in [3.8, 4) is 28.4 Å². The maximum absolute atomic E-state index is 5.50. The van der Waals surface area contributed by atoms with Crippen molar-refractivity contribution in [1.29, 1.82) is 0 Å². The van der Waals surface area contributed by atoms with E-state index in [4.69, 9.17) is 18.6 Å². The molecule has 0 aliphatic carbocycles. The van der Waals surface area contributed by atoms with Crippen molar-refractivity contribution < 1.29 is 18.6 Å². The van der Waals surface area contributed by atoms with Crippen LogP contribution in [0, 0.1) is 6.92 Å². The predicted molar refractivity (Wildman–Crippen MR) is 97.8 cm³/mol. The molecular formula is C21H22O4. The minimum Gasteiger partial charge on any atom is -0.493 e. The first kappa shape index (κ1) is 17.0. The molecule has 0 aliphatic heterocycles. The molecule has 0 aliphatic rings. The molecule has 3 aromatic rings. The lowest BCUT2D eigenvalue weighted by Gasteiger charge is -2.14. The van der Waals surface area contributed by atoms with Crippen molar-refractivity contribution in [2.75, 3.05) is 21.3 Å². The van der Waals surface area contributed by atoms with Crippen molar-refractivity contribution in [3.05, 3.63) is 65.6 Å². The number of hydrogen-bond donors (Lipinski definition) is 0. The molecule has 0 bridgehead atoms. The Balaban J connectivity index is 2.00. The van der Waals surface area contributed by atoms with Gasteiger partial charge in [-0.15, -0.1) is 0 Å². The van der Waals surface area contributed by atoms with Crippen molar-refractivity contribution in [2.45, 2.75) is 13.3 Å². The van der Waals surface area contributed by atoms with Crippen molar-refractivity contribution in [1.82, 2.24) is 0 Å². The van der Waals surface area contributed by atoms with Gasteiger partial charge in [0.1, 0.15) is 0 Å². The smallest absolute Gasteiger partial charge is 0.203 e. The Hall–Kier alpha value is -2.88. The molecule has 2 aromatic carbocycles. The van der Waals surface area contributed by atoms with Crippen LogP contribution < -0.4 is 14.2 Å². The quantitative estimate of drug-likeness (QED) is 0.643. The zero-order chi connectivity index (χ0) is 17.8. The van der Waals surface area contributed by atoms with Crippen LogP contribution in [0.15, 0.2) is 53.3 Å². The topological polar surface area (TPSA) is 40.8 Å². The van der Waals surface area contributed by atoms with Gasteiger partial charge in [-0.05, 0) is 35.7 Å². The average Bonchev–Trinajstić information content (AvgIpc) is 3.09. The van der Waals surface area contributed by atoms with Gasteiger partial charge in [0.25, 0.3) is 0 Å². The highest BCUT2D eigenvalue weighted by atomic mass is 16.5. The van der Waals surface area contributed by atoms with Crippen molar-refractivity contribution >= 4 is 0 Å². The van der Waals surface area contributed by atoms with Crippen LogP contribution in [0.2, 0.25) is 0 Å². The highest BCUT2D eigenvalue weighted by Crippen LogP contribution is 2.39. The van der Waals surface area contributed by atoms with Crippen LogP contribution in [0.3, 0.4) is 0 Å². The normalized spacial score (nSPS) is 10.6. The summed E-state index contributed by atoms with van der Waals surface area (Å²) in [5, 5.41) is 0. The van der Waals surface area contributed by atoms with Crippen LogP contribution in [0.1, 0.15) is 16.7 Å². The molecule has 0 amide bonds. The third kappa shape index (κ3) is 3.33. The van der Waals surface area contributed by atoms with Gasteiger partial charge in [-0.25, -0.2) is 0 Å². The molecule has 0 atom stereocenters. The Morgan fingerprint density at radius 3 is 2.12 bits per heavy atom. The first-order valence-electron chi connectivity index (χ1n) is 8.08. The monoisotopic (exact) mass is 338 g/mol. The van der Waals surface area contributed by atoms with E-state index in [1.54, 1.807) is 33.9 Å². The number of aryl methyl sites for hydroxylation is 1. The summed E-state index contributed by atoms with van der Waals surface area (Å²) in [4.78, 5) is 0. The molecule has 3 rings (SSSR count). The first-order chi connectivity index (χ1) is 12.2. The number of hydrogen-bond acceptors (Lipinski definition) is 4. The minimum absolute atomic E-state index is 0.597. The second-order valence-corrected chi connectivity index (χ2v) is 5.84. The van der Waals surface area contributed by atoms with E-state index in [0.29, 0.717) is 23.7 Å². The molecule has 25 heavy (non-hydrogen) atoms. The molecule has 0 saturated carbocycles. The van der Waals surface area contributed by atoms with Crippen LogP contribution >= 0.6 is 0 Å². The summed E-state index contributed by atoms with van der Waals surface area (Å²) in [7, 11) is 4.85. The van der Waals surface area contributed by atoms with Gasteiger partial charge in [0.2, 0.25) is 5.75 Å². The molecule has 1 aromatic heterocycles. The van der Waals surface area contributed by atoms with Gasteiger partial charge < -0.3 is 18.6 Å². The van der Waals surface area contributed by atoms with Gasteiger partial charge in [-0.3, -0.25) is 0 Å². The number of rotatable bonds is 6. The third-order valence-corrected chi connectivity index (χ3v) is 4.30. The molecule has 4 nitrogen and oxygen atoms in total. The summed E-state index contributed by atoms with van der Waals surface area (Å²) >= 11 is 0. The van der Waals surface area contributed by atoms with Crippen molar-refractivity contribution in [3.63, 3.8) is 0 Å². The van der Waals surface area contributed by atoms with Gasteiger partial charge in [0.15, 0.2) is 11.5 Å². The second-order valence-electron chi connectivity index (χ2n) is 5.84. The van der Waals surface area contributed by atoms with E-state index in [1.807, 2.05) is 24.3 Å². The van der Waals surface area contributed by atoms with Gasteiger partial charge in [-0.1, -0.05) is 24.3 Å². The Morgan fingerprint density at radius 2 is 1.52 bits per heavy atom. The van der Waals surface area contributed by atoms with E-state index in [0.717, 1.165) is 16.7 Å². The standard InChI is InChI=1S/C21H22O4/c1-14-7-5-6-8-17(14)18-13-25-12-16(18)9-15-10-19(22-2)21(24-4)20(11-15)23-3/h5-8,10-13H,9H2,1-4H3. The first-order valence-corrected chi connectivity index (χ1v) is 8.08. The summed E-state index contributed by atoms with van der Waals surface area (Å²) < 4.78 is 21.8. The lowest BCUT2D eigenvalue weighted by Crippen LogP contribution is -1.98. The number of methoxy groups -OCH3 is 3. The van der Waals surface area contributed by atoms with E-state index in [-0.39, 0.29) is 0 Å². The lowest BCUT2D eigenvalue weighted by atomic mass is 9.96. The van der Waals surface area contributed by atoms with E-state index < -0.39 is 0 Å². The third-order valence-electron chi connectivity index (χ3n) is 4.30. The molecule has 0 spiro atoms. The number of furan rings is 1. The zero-order valence-corrected chi connectivity index (χ0v) is 15.0. The summed E-state index contributed by atoms with van der Waals surface area (Å²) in [5.74, 6) is 1.90. The van der Waals surface area contributed by atoms with Crippen LogP contribution in [0.25, 0.3) is 11.1 Å². The highest BCUT2D eigenvalue weighted by molar-refractivity contribution is 5.70.